The fourth-order valence-electron chi connectivity index (χ4n) is 3.26. The number of nitrogens with one attached hydrogen (secondary N) is 2. The van der Waals surface area contributed by atoms with Crippen LogP contribution in [0.1, 0.15) is 26.2 Å². The van der Waals surface area contributed by atoms with E-state index in [2.05, 4.69) is 17.6 Å². The molecule has 2 N–H and O–H groups in total. The highest BCUT2D eigenvalue weighted by molar-refractivity contribution is 4.88. The summed E-state index contributed by atoms with van der Waals surface area (Å²) in [6.45, 7) is 4.74. The maximum Gasteiger partial charge on any atom is 0.403 e. The van der Waals surface area contributed by atoms with E-state index in [4.69, 9.17) is 0 Å². The number of piperidine rings is 2. The van der Waals surface area contributed by atoms with Crippen LogP contribution in [0.15, 0.2) is 0 Å². The Morgan fingerprint density at radius 1 is 1.06 bits per heavy atom. The van der Waals surface area contributed by atoms with Crippen molar-refractivity contribution in [2.45, 2.75) is 38.4 Å². The maximum atomic E-state index is 12.5. The summed E-state index contributed by atoms with van der Waals surface area (Å²) in [4.78, 5) is 0. The Labute approximate surface area is 100 Å². The lowest BCUT2D eigenvalue weighted by atomic mass is 9.74. The molecule has 2 aliphatic rings. The molecular weight excluding hydrogens is 229 g/mol. The lowest BCUT2D eigenvalue weighted by Gasteiger charge is -2.40. The van der Waals surface area contributed by atoms with E-state index in [1.807, 2.05) is 0 Å². The van der Waals surface area contributed by atoms with Gasteiger partial charge in [0, 0.05) is 0 Å². The molecule has 5 heteroatoms. The summed E-state index contributed by atoms with van der Waals surface area (Å²) in [6.07, 6.45) is -2.02. The summed E-state index contributed by atoms with van der Waals surface area (Å²) >= 11 is 0. The molecule has 0 aromatic rings. The second kappa shape index (κ2) is 5.14. The van der Waals surface area contributed by atoms with Crippen molar-refractivity contribution in [1.82, 2.24) is 10.6 Å². The zero-order chi connectivity index (χ0) is 12.5. The first-order valence-corrected chi connectivity index (χ1v) is 6.49. The summed E-state index contributed by atoms with van der Waals surface area (Å²) in [6, 6.07) is -1.28. The van der Waals surface area contributed by atoms with Crippen LogP contribution >= 0.6 is 0 Å². The zero-order valence-electron chi connectivity index (χ0n) is 10.2. The van der Waals surface area contributed by atoms with Crippen LogP contribution in [0.25, 0.3) is 0 Å². The van der Waals surface area contributed by atoms with Gasteiger partial charge in [-0.3, -0.25) is 0 Å². The van der Waals surface area contributed by atoms with E-state index in [9.17, 15) is 13.2 Å². The topological polar surface area (TPSA) is 24.1 Å². The molecule has 0 saturated carbocycles. The molecule has 2 nitrogen and oxygen atoms in total. The van der Waals surface area contributed by atoms with Crippen LogP contribution in [-0.4, -0.2) is 31.9 Å². The van der Waals surface area contributed by atoms with Gasteiger partial charge in [-0.2, -0.15) is 13.2 Å². The van der Waals surface area contributed by atoms with Crippen LogP contribution in [0, 0.1) is 17.8 Å². The number of hydrogen-bond acceptors (Lipinski definition) is 2. The molecule has 2 aliphatic heterocycles. The van der Waals surface area contributed by atoms with Crippen LogP contribution in [0.2, 0.25) is 0 Å². The molecule has 2 rings (SSSR count). The van der Waals surface area contributed by atoms with Crippen molar-refractivity contribution < 1.29 is 13.2 Å². The molecule has 0 aliphatic carbocycles. The molecule has 2 fully saturated rings. The average Bonchev–Trinajstić information content (AvgIpc) is 2.29. The molecule has 0 radical (unpaired) electrons. The van der Waals surface area contributed by atoms with Crippen LogP contribution in [0.5, 0.6) is 0 Å². The van der Waals surface area contributed by atoms with Crippen molar-refractivity contribution in [3.05, 3.63) is 0 Å². The van der Waals surface area contributed by atoms with Gasteiger partial charge < -0.3 is 10.6 Å². The first kappa shape index (κ1) is 13.1. The average molecular weight is 250 g/mol. The Morgan fingerprint density at radius 3 is 2.35 bits per heavy atom. The highest BCUT2D eigenvalue weighted by Gasteiger charge is 2.43. The second-order valence-electron chi connectivity index (χ2n) is 5.47. The van der Waals surface area contributed by atoms with E-state index in [0.717, 1.165) is 19.5 Å². The van der Waals surface area contributed by atoms with Gasteiger partial charge in [-0.05, 0) is 56.7 Å². The van der Waals surface area contributed by atoms with E-state index in [0.29, 0.717) is 30.7 Å². The van der Waals surface area contributed by atoms with Crippen molar-refractivity contribution in [3.8, 4) is 0 Å². The second-order valence-corrected chi connectivity index (χ2v) is 5.47. The summed E-state index contributed by atoms with van der Waals surface area (Å²) in [5.74, 6) is 1.58. The molecule has 0 spiro atoms. The van der Waals surface area contributed by atoms with E-state index in [1.54, 1.807) is 0 Å². The fraction of sp³-hybridized carbons (Fsp3) is 1.00. The fourth-order valence-corrected chi connectivity index (χ4v) is 3.26. The van der Waals surface area contributed by atoms with E-state index in [-0.39, 0.29) is 6.42 Å². The smallest absolute Gasteiger partial charge is 0.316 e. The number of halogens is 3. The molecule has 4 unspecified atom stereocenters. The van der Waals surface area contributed by atoms with E-state index in [1.165, 1.54) is 0 Å². The quantitative estimate of drug-likeness (QED) is 0.745. The predicted octanol–water partition coefficient (Wildman–Crippen LogP) is 2.16. The van der Waals surface area contributed by atoms with Crippen molar-refractivity contribution in [2.24, 2.45) is 17.8 Å². The zero-order valence-corrected chi connectivity index (χ0v) is 10.2. The molecular formula is C12H21F3N2. The lowest BCUT2D eigenvalue weighted by Crippen LogP contribution is -2.51. The molecule has 0 bridgehead atoms. The van der Waals surface area contributed by atoms with Gasteiger partial charge in [0.25, 0.3) is 0 Å². The third-order valence-corrected chi connectivity index (χ3v) is 4.30. The van der Waals surface area contributed by atoms with Crippen molar-refractivity contribution in [3.63, 3.8) is 0 Å². The van der Waals surface area contributed by atoms with Gasteiger partial charge in [0.15, 0.2) is 0 Å². The van der Waals surface area contributed by atoms with Gasteiger partial charge in [-0.1, -0.05) is 6.92 Å². The van der Waals surface area contributed by atoms with Crippen molar-refractivity contribution in [2.75, 3.05) is 19.6 Å². The Kier molecular flexibility index (Phi) is 3.98. The molecule has 2 saturated heterocycles. The van der Waals surface area contributed by atoms with Gasteiger partial charge >= 0.3 is 6.18 Å². The monoisotopic (exact) mass is 250 g/mol. The summed E-state index contributed by atoms with van der Waals surface area (Å²) in [5.41, 5.74) is 0. The molecule has 2 heterocycles. The third kappa shape index (κ3) is 3.13. The van der Waals surface area contributed by atoms with E-state index < -0.39 is 12.2 Å². The lowest BCUT2D eigenvalue weighted by molar-refractivity contribution is -0.163. The predicted molar refractivity (Wildman–Crippen MR) is 60.7 cm³/mol. The minimum Gasteiger partial charge on any atom is -0.316 e. The normalized spacial score (nSPS) is 40.2. The molecule has 17 heavy (non-hydrogen) atoms. The van der Waals surface area contributed by atoms with Gasteiger partial charge in [-0.25, -0.2) is 0 Å². The van der Waals surface area contributed by atoms with Crippen LogP contribution in [-0.2, 0) is 0 Å². The standard InChI is InChI=1S/C12H21F3N2/c1-8-6-16-5-4-10(8)9-2-3-11(17-7-9)12(13,14)15/h8-11,16-17H,2-7H2,1H3. The van der Waals surface area contributed by atoms with Crippen LogP contribution < -0.4 is 10.6 Å². The minimum atomic E-state index is -4.08. The molecule has 0 amide bonds. The van der Waals surface area contributed by atoms with Gasteiger partial charge in [-0.15, -0.1) is 0 Å². The van der Waals surface area contributed by atoms with E-state index >= 15 is 0 Å². The summed E-state index contributed by atoms with van der Waals surface area (Å²) < 4.78 is 37.5. The van der Waals surface area contributed by atoms with Crippen LogP contribution in [0.3, 0.4) is 0 Å². The molecule has 0 aromatic heterocycles. The minimum absolute atomic E-state index is 0.241. The Morgan fingerprint density at radius 2 is 1.82 bits per heavy atom. The first-order valence-electron chi connectivity index (χ1n) is 6.49. The molecule has 100 valence electrons. The van der Waals surface area contributed by atoms with Crippen molar-refractivity contribution >= 4 is 0 Å². The Bertz CT molecular complexity index is 247. The van der Waals surface area contributed by atoms with Gasteiger partial charge in [0.05, 0.1) is 0 Å². The van der Waals surface area contributed by atoms with Crippen LogP contribution in [0.4, 0.5) is 13.2 Å². The van der Waals surface area contributed by atoms with Gasteiger partial charge in [0.1, 0.15) is 6.04 Å². The largest absolute Gasteiger partial charge is 0.403 e. The molecule has 4 atom stereocenters. The molecule has 0 aromatic carbocycles. The Balaban J connectivity index is 1.86. The highest BCUT2D eigenvalue weighted by Crippen LogP contribution is 2.35. The van der Waals surface area contributed by atoms with Crippen molar-refractivity contribution in [1.29, 1.82) is 0 Å². The number of alkyl halides is 3. The number of rotatable bonds is 1. The van der Waals surface area contributed by atoms with Gasteiger partial charge in [0.2, 0.25) is 0 Å². The number of hydrogen-bond donors (Lipinski definition) is 2. The maximum absolute atomic E-state index is 12.5. The SMILES string of the molecule is CC1CNCCC1C1CCC(C(F)(F)F)NC1. The summed E-state index contributed by atoms with van der Waals surface area (Å²) in [5, 5.41) is 6.02. The summed E-state index contributed by atoms with van der Waals surface area (Å²) in [7, 11) is 0. The highest BCUT2D eigenvalue weighted by atomic mass is 19.4. The third-order valence-electron chi connectivity index (χ3n) is 4.30. The first-order chi connectivity index (χ1) is 7.98. The Hall–Kier alpha value is -0.290.